The molecule has 3 aromatic rings. The van der Waals surface area contributed by atoms with E-state index in [0.717, 1.165) is 30.2 Å². The minimum Gasteiger partial charge on any atom is -0.481 e. The minimum absolute atomic E-state index is 0.193. The van der Waals surface area contributed by atoms with Crippen molar-refractivity contribution in [3.63, 3.8) is 0 Å². The Balaban J connectivity index is 0.000000837. The van der Waals surface area contributed by atoms with Crippen molar-refractivity contribution in [3.8, 4) is 22.3 Å². The van der Waals surface area contributed by atoms with Crippen molar-refractivity contribution < 1.29 is 31.9 Å². The van der Waals surface area contributed by atoms with Crippen LogP contribution in [0.2, 0.25) is 0 Å². The van der Waals surface area contributed by atoms with Crippen LogP contribution in [-0.2, 0) is 17.4 Å². The van der Waals surface area contributed by atoms with Gasteiger partial charge in [-0.2, -0.15) is 13.2 Å². The maximum atomic E-state index is 13.6. The number of rotatable bonds is 4. The number of carboxylic acids is 1. The third-order valence-corrected chi connectivity index (χ3v) is 4.09. The summed E-state index contributed by atoms with van der Waals surface area (Å²) in [7, 11) is 0. The number of halogens is 5. The Hall–Kier alpha value is -3.22. The number of aliphatic carboxylic acids is 1. The van der Waals surface area contributed by atoms with Crippen molar-refractivity contribution >= 4 is 5.97 Å². The number of hydrogen-bond acceptors (Lipinski definition) is 1. The quantitative estimate of drug-likeness (QED) is 0.416. The van der Waals surface area contributed by atoms with Crippen LogP contribution in [0.4, 0.5) is 22.0 Å². The first-order chi connectivity index (χ1) is 14.8. The SMILES string of the molecule is CC(C)C.O=C(O)Cc1cc(-c2ccc(C(F)(F)F)cc2)cc(-c2cc(F)cc(F)c2)c1. The zero-order valence-electron chi connectivity index (χ0n) is 17.8. The molecule has 1 N–H and O–H groups in total. The number of alkyl halides is 3. The summed E-state index contributed by atoms with van der Waals surface area (Å²) in [5, 5.41) is 9.06. The molecule has 0 aliphatic rings. The largest absolute Gasteiger partial charge is 0.481 e. The van der Waals surface area contributed by atoms with Gasteiger partial charge in [-0.25, -0.2) is 8.78 Å². The number of benzene rings is 3. The fraction of sp³-hybridized carbons (Fsp3) is 0.240. The van der Waals surface area contributed by atoms with Crippen molar-refractivity contribution in [1.29, 1.82) is 0 Å². The van der Waals surface area contributed by atoms with Gasteiger partial charge in [-0.3, -0.25) is 4.79 Å². The molecule has 0 aliphatic heterocycles. The summed E-state index contributed by atoms with van der Waals surface area (Å²) in [6.07, 6.45) is -4.83. The molecule has 0 aromatic heterocycles. The lowest BCUT2D eigenvalue weighted by Crippen LogP contribution is -2.04. The summed E-state index contributed by atoms with van der Waals surface area (Å²) in [4.78, 5) is 11.1. The van der Waals surface area contributed by atoms with Crippen molar-refractivity contribution in [2.45, 2.75) is 33.4 Å². The molecular weight excluding hydrogens is 427 g/mol. The first-order valence-electron chi connectivity index (χ1n) is 9.85. The molecule has 170 valence electrons. The lowest BCUT2D eigenvalue weighted by Gasteiger charge is -2.12. The van der Waals surface area contributed by atoms with E-state index in [1.807, 2.05) is 0 Å². The Kier molecular flexibility index (Phi) is 8.14. The zero-order valence-corrected chi connectivity index (χ0v) is 17.8. The molecule has 0 spiro atoms. The van der Waals surface area contributed by atoms with E-state index < -0.39 is 29.3 Å². The highest BCUT2D eigenvalue weighted by Gasteiger charge is 2.30. The fourth-order valence-electron chi connectivity index (χ4n) is 2.87. The molecule has 2 nitrogen and oxygen atoms in total. The first-order valence-corrected chi connectivity index (χ1v) is 9.85. The molecule has 0 radical (unpaired) electrons. The third kappa shape index (κ3) is 7.48. The molecule has 0 heterocycles. The van der Waals surface area contributed by atoms with Gasteiger partial charge in [0.1, 0.15) is 11.6 Å². The van der Waals surface area contributed by atoms with Crippen LogP contribution in [0, 0.1) is 17.6 Å². The molecule has 32 heavy (non-hydrogen) atoms. The van der Waals surface area contributed by atoms with E-state index >= 15 is 0 Å². The van der Waals surface area contributed by atoms with Crippen LogP contribution in [0.3, 0.4) is 0 Å². The van der Waals surface area contributed by atoms with E-state index in [9.17, 15) is 26.7 Å². The lowest BCUT2D eigenvalue weighted by atomic mass is 9.94. The van der Waals surface area contributed by atoms with E-state index in [4.69, 9.17) is 5.11 Å². The van der Waals surface area contributed by atoms with Crippen molar-refractivity contribution in [3.05, 3.63) is 83.4 Å². The molecule has 0 fully saturated rings. The Morgan fingerprint density at radius 1 is 0.781 bits per heavy atom. The topological polar surface area (TPSA) is 37.3 Å². The van der Waals surface area contributed by atoms with Crippen LogP contribution in [0.25, 0.3) is 22.3 Å². The molecule has 3 aromatic carbocycles. The summed E-state index contributed by atoms with van der Waals surface area (Å²) in [5.41, 5.74) is 0.936. The second-order valence-electron chi connectivity index (χ2n) is 7.95. The van der Waals surface area contributed by atoms with Crippen LogP contribution in [0.1, 0.15) is 31.9 Å². The van der Waals surface area contributed by atoms with Gasteiger partial charge in [0, 0.05) is 6.07 Å². The Labute approximate surface area is 183 Å². The van der Waals surface area contributed by atoms with Crippen LogP contribution in [0.5, 0.6) is 0 Å². The molecule has 0 saturated heterocycles. The number of carbonyl (C=O) groups is 1. The highest BCUT2D eigenvalue weighted by molar-refractivity contribution is 5.77. The zero-order chi connectivity index (χ0) is 24.1. The molecule has 0 aliphatic carbocycles. The number of hydrogen-bond donors (Lipinski definition) is 1. The van der Waals surface area contributed by atoms with Gasteiger partial charge in [-0.1, -0.05) is 45.0 Å². The van der Waals surface area contributed by atoms with Crippen LogP contribution in [-0.4, -0.2) is 11.1 Å². The van der Waals surface area contributed by atoms with E-state index in [-0.39, 0.29) is 12.0 Å². The molecular formula is C25H23F5O2. The molecule has 0 saturated carbocycles. The average Bonchev–Trinajstić information content (AvgIpc) is 2.65. The van der Waals surface area contributed by atoms with Crippen LogP contribution >= 0.6 is 0 Å². The third-order valence-electron chi connectivity index (χ3n) is 4.09. The molecule has 7 heteroatoms. The molecule has 0 bridgehead atoms. The van der Waals surface area contributed by atoms with Crippen molar-refractivity contribution in [1.82, 2.24) is 0 Å². The van der Waals surface area contributed by atoms with Crippen LogP contribution < -0.4 is 0 Å². The second kappa shape index (κ2) is 10.4. The Morgan fingerprint density at radius 3 is 1.66 bits per heavy atom. The maximum absolute atomic E-state index is 13.6. The monoisotopic (exact) mass is 450 g/mol. The number of carboxylic acid groups (broad SMARTS) is 1. The van der Waals surface area contributed by atoms with E-state index in [0.29, 0.717) is 28.3 Å². The Bertz CT molecular complexity index is 1050. The maximum Gasteiger partial charge on any atom is 0.416 e. The summed E-state index contributed by atoms with van der Waals surface area (Å²) in [6.45, 7) is 6.50. The van der Waals surface area contributed by atoms with Gasteiger partial charge in [-0.15, -0.1) is 0 Å². The normalized spacial score (nSPS) is 11.2. The smallest absolute Gasteiger partial charge is 0.416 e. The van der Waals surface area contributed by atoms with Gasteiger partial charge >= 0.3 is 12.1 Å². The van der Waals surface area contributed by atoms with Gasteiger partial charge < -0.3 is 5.11 Å². The van der Waals surface area contributed by atoms with Gasteiger partial charge in [0.05, 0.1) is 12.0 Å². The van der Waals surface area contributed by atoms with E-state index in [1.54, 1.807) is 6.07 Å². The van der Waals surface area contributed by atoms with Crippen LogP contribution in [0.15, 0.2) is 60.7 Å². The minimum atomic E-state index is -4.48. The highest BCUT2D eigenvalue weighted by atomic mass is 19.4. The van der Waals surface area contributed by atoms with E-state index in [1.165, 1.54) is 24.3 Å². The standard InChI is InChI=1S/C21H13F5O2.C4H10/c22-18-9-16(10-19(23)11-18)15-6-12(7-20(27)28)5-14(8-15)13-1-3-17(4-2-13)21(24,25)26;1-4(2)3/h1-6,8-11H,7H2,(H,27,28);4H,1-3H3. The van der Waals surface area contributed by atoms with Gasteiger partial charge in [-0.05, 0) is 64.1 Å². The summed E-state index contributed by atoms with van der Waals surface area (Å²) in [5.74, 6) is -1.87. The van der Waals surface area contributed by atoms with Gasteiger partial charge in [0.2, 0.25) is 0 Å². The summed E-state index contributed by atoms with van der Waals surface area (Å²) in [6, 6.07) is 11.8. The second-order valence-corrected chi connectivity index (χ2v) is 7.95. The van der Waals surface area contributed by atoms with Crippen molar-refractivity contribution in [2.24, 2.45) is 5.92 Å². The molecule has 0 unspecified atom stereocenters. The highest BCUT2D eigenvalue weighted by Crippen LogP contribution is 2.33. The predicted octanol–water partition coefficient (Wildman–Crippen LogP) is 7.61. The predicted molar refractivity (Wildman–Crippen MR) is 114 cm³/mol. The molecule has 0 atom stereocenters. The summed E-state index contributed by atoms with van der Waals surface area (Å²) < 4.78 is 65.4. The van der Waals surface area contributed by atoms with Crippen molar-refractivity contribution in [2.75, 3.05) is 0 Å². The summed E-state index contributed by atoms with van der Waals surface area (Å²) >= 11 is 0. The van der Waals surface area contributed by atoms with Gasteiger partial charge in [0.15, 0.2) is 0 Å². The average molecular weight is 450 g/mol. The van der Waals surface area contributed by atoms with Gasteiger partial charge in [0.25, 0.3) is 0 Å². The molecule has 3 rings (SSSR count). The first kappa shape index (κ1) is 25.0. The lowest BCUT2D eigenvalue weighted by molar-refractivity contribution is -0.138. The van der Waals surface area contributed by atoms with E-state index in [2.05, 4.69) is 20.8 Å². The molecule has 0 amide bonds. The fourth-order valence-corrected chi connectivity index (χ4v) is 2.87. The Morgan fingerprint density at radius 2 is 1.22 bits per heavy atom.